The van der Waals surface area contributed by atoms with Gasteiger partial charge in [-0.05, 0) is 73.6 Å². The molecule has 1 amide bonds. The maximum Gasteiger partial charge on any atom is 0.230 e. The molecule has 1 aliphatic heterocycles. The Hall–Kier alpha value is -2.38. The molecule has 3 saturated carbocycles. The minimum atomic E-state index is -2.12. The Balaban J connectivity index is 1.43. The fraction of sp³-hybridized carbons (Fsp3) is 0.625. The van der Waals surface area contributed by atoms with Gasteiger partial charge in [0.1, 0.15) is 6.17 Å². The van der Waals surface area contributed by atoms with Crippen molar-refractivity contribution in [2.75, 3.05) is 26.7 Å². The van der Waals surface area contributed by atoms with Gasteiger partial charge in [0.25, 0.3) is 0 Å². The highest BCUT2D eigenvalue weighted by Gasteiger charge is 2.78. The first-order chi connectivity index (χ1) is 18.4. The minimum Gasteiger partial charge on any atom is -0.390 e. The highest BCUT2D eigenvalue weighted by Crippen LogP contribution is 2.74. The van der Waals surface area contributed by atoms with Crippen LogP contribution in [-0.4, -0.2) is 71.2 Å². The van der Waals surface area contributed by atoms with Gasteiger partial charge in [0.05, 0.1) is 11.5 Å². The number of nitrogens with zero attached hydrogens (tertiary/aromatic N) is 2. The van der Waals surface area contributed by atoms with Crippen molar-refractivity contribution in [1.82, 2.24) is 9.80 Å². The van der Waals surface area contributed by atoms with Crippen LogP contribution in [0.2, 0.25) is 0 Å². The molecule has 1 aromatic rings. The average molecular weight is 539 g/mol. The summed E-state index contributed by atoms with van der Waals surface area (Å²) in [4.78, 5) is 30.6. The molecule has 0 aromatic heterocycles. The molecule has 0 unspecified atom stereocenters. The van der Waals surface area contributed by atoms with Crippen LogP contribution in [-0.2, 0) is 16.1 Å². The quantitative estimate of drug-likeness (QED) is 0.613. The van der Waals surface area contributed by atoms with E-state index in [1.807, 2.05) is 32.2 Å². The number of hydrogen-bond acceptors (Lipinski definition) is 4. The number of allylic oxidation sites excluding steroid dienone is 4. The molecule has 7 heteroatoms. The van der Waals surface area contributed by atoms with E-state index < -0.39 is 40.1 Å². The second kappa shape index (κ2) is 8.81. The molecule has 0 spiro atoms. The molecule has 4 fully saturated rings. The lowest BCUT2D eigenvalue weighted by atomic mass is 9.43. The summed E-state index contributed by atoms with van der Waals surface area (Å²) in [5.41, 5.74) is -3.70. The van der Waals surface area contributed by atoms with Gasteiger partial charge in [-0.3, -0.25) is 14.5 Å². The molecule has 210 valence electrons. The van der Waals surface area contributed by atoms with Crippen LogP contribution in [0.3, 0.4) is 0 Å². The molecule has 1 aromatic carbocycles. The number of hydrogen-bond donors (Lipinski definition) is 1. The summed E-state index contributed by atoms with van der Waals surface area (Å²) in [5.74, 6) is -1.32. The van der Waals surface area contributed by atoms with Gasteiger partial charge in [-0.2, -0.15) is 0 Å². The Bertz CT molecular complexity index is 1250. The summed E-state index contributed by atoms with van der Waals surface area (Å²) in [5, 5.41) is 11.8. The SMILES string of the molecule is CCN(C)C(=O)[C@@]12CN(Cc3ccccc3)C[C@@H]1C[C@H]1[C@@H]3C[C@H](F)C4=CC(=O)C=C[C@]4(C)[C@@]3(F)[C@@H](O)C[C@@]12C. The monoisotopic (exact) mass is 538 g/mol. The fourth-order valence-electron chi connectivity index (χ4n) is 9.68. The average Bonchev–Trinajstić information content (AvgIpc) is 3.38. The first-order valence-corrected chi connectivity index (χ1v) is 14.4. The predicted octanol–water partition coefficient (Wildman–Crippen LogP) is 4.51. The molecule has 39 heavy (non-hydrogen) atoms. The number of alkyl halides is 2. The lowest BCUT2D eigenvalue weighted by Crippen LogP contribution is -2.70. The summed E-state index contributed by atoms with van der Waals surface area (Å²) >= 11 is 0. The Morgan fingerprint density at radius 1 is 1.18 bits per heavy atom. The van der Waals surface area contributed by atoms with Gasteiger partial charge in [0.15, 0.2) is 11.5 Å². The van der Waals surface area contributed by atoms with Crippen LogP contribution in [0.4, 0.5) is 8.78 Å². The second-order valence-corrected chi connectivity index (χ2v) is 13.2. The van der Waals surface area contributed by atoms with E-state index >= 15 is 8.78 Å². The number of fused-ring (bicyclic) bond motifs is 7. The minimum absolute atomic E-state index is 0.0152. The molecule has 1 N–H and O–H groups in total. The Labute approximate surface area is 229 Å². The molecule has 9 atom stereocenters. The van der Waals surface area contributed by atoms with Gasteiger partial charge in [-0.15, -0.1) is 0 Å². The van der Waals surface area contributed by atoms with Crippen LogP contribution in [0.25, 0.3) is 0 Å². The number of carbonyl (C=O) groups excluding carboxylic acids is 2. The summed E-state index contributed by atoms with van der Waals surface area (Å²) in [6.07, 6.45) is 1.85. The summed E-state index contributed by atoms with van der Waals surface area (Å²) < 4.78 is 33.4. The summed E-state index contributed by atoms with van der Waals surface area (Å²) in [6, 6.07) is 10.2. The summed E-state index contributed by atoms with van der Waals surface area (Å²) in [7, 11) is 1.82. The third kappa shape index (κ3) is 3.35. The van der Waals surface area contributed by atoms with E-state index in [1.54, 1.807) is 11.8 Å². The van der Waals surface area contributed by atoms with Crippen LogP contribution >= 0.6 is 0 Å². The number of aliphatic hydroxyl groups excluding tert-OH is 1. The number of carbonyl (C=O) groups is 2. The fourth-order valence-corrected chi connectivity index (χ4v) is 9.68. The van der Waals surface area contributed by atoms with Gasteiger partial charge in [0.2, 0.25) is 5.91 Å². The molecule has 0 radical (unpaired) electrons. The molecule has 5 aliphatic rings. The van der Waals surface area contributed by atoms with E-state index in [0.717, 1.165) is 6.54 Å². The van der Waals surface area contributed by atoms with Gasteiger partial charge in [-0.25, -0.2) is 8.78 Å². The zero-order valence-electron chi connectivity index (χ0n) is 23.4. The Kier molecular flexibility index (Phi) is 6.06. The number of ketones is 1. The number of halogens is 2. The van der Waals surface area contributed by atoms with E-state index in [9.17, 15) is 14.7 Å². The maximum absolute atomic E-state index is 17.6. The van der Waals surface area contributed by atoms with E-state index in [1.165, 1.54) is 23.8 Å². The predicted molar refractivity (Wildman–Crippen MR) is 145 cm³/mol. The lowest BCUT2D eigenvalue weighted by Gasteiger charge is -2.63. The second-order valence-electron chi connectivity index (χ2n) is 13.2. The van der Waals surface area contributed by atoms with Crippen molar-refractivity contribution in [2.24, 2.45) is 34.0 Å². The highest BCUT2D eigenvalue weighted by atomic mass is 19.1. The standard InChI is InChI=1S/C32H40F2N2O3/c1-5-35(4)28(39)31-19-36(17-20-9-7-6-8-10-20)18-21(31)13-23-24-15-26(33)25-14-22(37)11-12-29(25,2)32(24,34)27(38)16-30(23,31)3/h6-12,14,21,23-24,26-27,38H,5,13,15-19H2,1-4H3/t21-,23-,24-,26-,27-,29-,30-,31+,32-/m0/s1. The summed E-state index contributed by atoms with van der Waals surface area (Å²) in [6.45, 7) is 8.19. The van der Waals surface area contributed by atoms with Crippen molar-refractivity contribution in [1.29, 1.82) is 0 Å². The molecule has 5 nitrogen and oxygen atoms in total. The van der Waals surface area contributed by atoms with E-state index in [-0.39, 0.29) is 41.9 Å². The van der Waals surface area contributed by atoms with Crippen LogP contribution < -0.4 is 0 Å². The zero-order valence-corrected chi connectivity index (χ0v) is 23.4. The Morgan fingerprint density at radius 2 is 1.90 bits per heavy atom. The van der Waals surface area contributed by atoms with Crippen LogP contribution in [0.1, 0.15) is 45.6 Å². The molecule has 0 bridgehead atoms. The molecule has 6 rings (SSSR count). The van der Waals surface area contributed by atoms with Gasteiger partial charge in [0, 0.05) is 44.6 Å². The molecule has 1 saturated heterocycles. The van der Waals surface area contributed by atoms with Gasteiger partial charge < -0.3 is 10.0 Å². The highest BCUT2D eigenvalue weighted by molar-refractivity contribution is 6.01. The van der Waals surface area contributed by atoms with E-state index in [2.05, 4.69) is 24.0 Å². The molecular weight excluding hydrogens is 498 g/mol. The zero-order chi connectivity index (χ0) is 28.0. The molecular formula is C32H40F2N2O3. The van der Waals surface area contributed by atoms with E-state index in [4.69, 9.17) is 0 Å². The van der Waals surface area contributed by atoms with Crippen molar-refractivity contribution in [2.45, 2.75) is 64.5 Å². The van der Waals surface area contributed by atoms with Crippen molar-refractivity contribution in [3.63, 3.8) is 0 Å². The number of amides is 1. The molecule has 1 heterocycles. The largest absolute Gasteiger partial charge is 0.390 e. The number of benzene rings is 1. The van der Waals surface area contributed by atoms with Gasteiger partial charge in [-0.1, -0.05) is 43.3 Å². The van der Waals surface area contributed by atoms with Crippen molar-refractivity contribution < 1.29 is 23.5 Å². The topological polar surface area (TPSA) is 60.9 Å². The normalized spacial score (nSPS) is 44.7. The van der Waals surface area contributed by atoms with Crippen LogP contribution in [0.5, 0.6) is 0 Å². The van der Waals surface area contributed by atoms with Crippen LogP contribution in [0, 0.1) is 34.0 Å². The lowest BCUT2D eigenvalue weighted by molar-refractivity contribution is -0.213. The maximum atomic E-state index is 17.6. The smallest absolute Gasteiger partial charge is 0.230 e. The number of likely N-dealkylation sites (tertiary alicyclic amines) is 1. The van der Waals surface area contributed by atoms with Gasteiger partial charge >= 0.3 is 0 Å². The number of rotatable bonds is 4. The first kappa shape index (κ1) is 26.8. The van der Waals surface area contributed by atoms with Crippen molar-refractivity contribution in [3.05, 3.63) is 59.7 Å². The van der Waals surface area contributed by atoms with Crippen molar-refractivity contribution in [3.8, 4) is 0 Å². The Morgan fingerprint density at radius 3 is 2.59 bits per heavy atom. The molecule has 4 aliphatic carbocycles. The van der Waals surface area contributed by atoms with Crippen LogP contribution in [0.15, 0.2) is 54.1 Å². The third-order valence-corrected chi connectivity index (χ3v) is 11.7. The van der Waals surface area contributed by atoms with Crippen molar-refractivity contribution >= 4 is 11.7 Å². The first-order valence-electron chi connectivity index (χ1n) is 14.4. The van der Waals surface area contributed by atoms with E-state index in [0.29, 0.717) is 26.1 Å². The third-order valence-electron chi connectivity index (χ3n) is 11.7. The number of aliphatic hydroxyl groups is 1.